The molecule has 0 heterocycles. The lowest BCUT2D eigenvalue weighted by Crippen LogP contribution is -2.36. The summed E-state index contributed by atoms with van der Waals surface area (Å²) < 4.78 is 0. The van der Waals surface area contributed by atoms with Crippen LogP contribution in [0.5, 0.6) is 0 Å². The number of guanidine groups is 1. The van der Waals surface area contributed by atoms with E-state index in [9.17, 15) is 9.59 Å². The monoisotopic (exact) mass is 228 g/mol. The van der Waals surface area contributed by atoms with Crippen molar-refractivity contribution < 1.29 is 9.59 Å². The molecule has 92 valence electrons. The maximum Gasteiger partial charge on any atom is 0.226 e. The van der Waals surface area contributed by atoms with Crippen molar-refractivity contribution in [1.29, 1.82) is 0 Å². The summed E-state index contributed by atoms with van der Waals surface area (Å²) in [6.45, 7) is 2.15. The van der Waals surface area contributed by atoms with Gasteiger partial charge in [0.1, 0.15) is 0 Å². The predicted molar refractivity (Wildman–Crippen MR) is 62.8 cm³/mol. The Hall–Kier alpha value is -1.59. The summed E-state index contributed by atoms with van der Waals surface area (Å²) in [5, 5.41) is 5.15. The van der Waals surface area contributed by atoms with Gasteiger partial charge in [-0.05, 0) is 12.8 Å². The molecule has 0 spiro atoms. The minimum absolute atomic E-state index is 0.0235. The molecule has 0 saturated carbocycles. The third-order valence-corrected chi connectivity index (χ3v) is 1.96. The molecule has 0 rings (SSSR count). The molecule has 0 aromatic carbocycles. The summed E-state index contributed by atoms with van der Waals surface area (Å²) in [5.41, 5.74) is 5.33. The summed E-state index contributed by atoms with van der Waals surface area (Å²) >= 11 is 0. The van der Waals surface area contributed by atoms with Crippen LogP contribution in [0.2, 0.25) is 0 Å². The van der Waals surface area contributed by atoms with Crippen LogP contribution in [0.25, 0.3) is 0 Å². The van der Waals surface area contributed by atoms with Gasteiger partial charge in [0.2, 0.25) is 11.8 Å². The number of nitrogens with zero attached hydrogens (tertiary/aromatic N) is 1. The molecule has 2 amide bonds. The fourth-order valence-corrected chi connectivity index (χ4v) is 1.11. The predicted octanol–water partition coefficient (Wildman–Crippen LogP) is -0.256. The molecular weight excluding hydrogens is 208 g/mol. The van der Waals surface area contributed by atoms with Crippen molar-refractivity contribution in [1.82, 2.24) is 10.6 Å². The molecule has 0 aliphatic rings. The van der Waals surface area contributed by atoms with Crippen LogP contribution in [-0.2, 0) is 9.59 Å². The van der Waals surface area contributed by atoms with Crippen molar-refractivity contribution in [2.45, 2.75) is 32.6 Å². The molecule has 0 aliphatic heterocycles. The molecule has 0 atom stereocenters. The SMILES string of the molecule is CN=C(N)NC(=O)CCCCCNC(C)=O. The Balaban J connectivity index is 3.38. The Morgan fingerprint density at radius 3 is 2.50 bits per heavy atom. The molecule has 0 radical (unpaired) electrons. The zero-order valence-electron chi connectivity index (χ0n) is 9.88. The lowest BCUT2D eigenvalue weighted by Gasteiger charge is -2.04. The Labute approximate surface area is 95.7 Å². The van der Waals surface area contributed by atoms with Crippen molar-refractivity contribution in [3.63, 3.8) is 0 Å². The lowest BCUT2D eigenvalue weighted by atomic mass is 10.2. The van der Waals surface area contributed by atoms with Gasteiger partial charge in [-0.15, -0.1) is 0 Å². The van der Waals surface area contributed by atoms with Gasteiger partial charge in [-0.1, -0.05) is 6.42 Å². The van der Waals surface area contributed by atoms with Crippen LogP contribution < -0.4 is 16.4 Å². The highest BCUT2D eigenvalue weighted by Crippen LogP contribution is 1.98. The molecule has 16 heavy (non-hydrogen) atoms. The average Bonchev–Trinajstić information content (AvgIpc) is 2.22. The number of carbonyl (C=O) groups excluding carboxylic acids is 2. The van der Waals surface area contributed by atoms with E-state index < -0.39 is 0 Å². The van der Waals surface area contributed by atoms with Gasteiger partial charge in [-0.2, -0.15) is 0 Å². The smallest absolute Gasteiger partial charge is 0.226 e. The molecule has 6 nitrogen and oxygen atoms in total. The van der Waals surface area contributed by atoms with Crippen molar-refractivity contribution >= 4 is 17.8 Å². The van der Waals surface area contributed by atoms with Crippen LogP contribution in [-0.4, -0.2) is 31.4 Å². The second kappa shape index (κ2) is 8.70. The van der Waals surface area contributed by atoms with Crippen LogP contribution in [0.1, 0.15) is 32.6 Å². The van der Waals surface area contributed by atoms with Gasteiger partial charge >= 0.3 is 0 Å². The fourth-order valence-electron chi connectivity index (χ4n) is 1.11. The number of unbranched alkanes of at least 4 members (excludes halogenated alkanes) is 2. The Morgan fingerprint density at radius 1 is 1.25 bits per heavy atom. The van der Waals surface area contributed by atoms with Crippen LogP contribution >= 0.6 is 0 Å². The molecular formula is C10H20N4O2. The van der Waals surface area contributed by atoms with Crippen LogP contribution in [0.4, 0.5) is 0 Å². The molecule has 0 bridgehead atoms. The zero-order chi connectivity index (χ0) is 12.4. The number of nitrogens with one attached hydrogen (secondary N) is 2. The molecule has 0 aromatic rings. The van der Waals surface area contributed by atoms with E-state index in [0.717, 1.165) is 19.3 Å². The third kappa shape index (κ3) is 8.98. The summed E-state index contributed by atoms with van der Waals surface area (Å²) in [5.74, 6) is -0.00412. The first-order valence-corrected chi connectivity index (χ1v) is 5.32. The highest BCUT2D eigenvalue weighted by Gasteiger charge is 2.01. The number of rotatable bonds is 6. The van der Waals surface area contributed by atoms with Crippen LogP contribution in [0.3, 0.4) is 0 Å². The van der Waals surface area contributed by atoms with E-state index in [1.54, 1.807) is 0 Å². The maximum atomic E-state index is 11.2. The van der Waals surface area contributed by atoms with E-state index in [1.165, 1.54) is 14.0 Å². The van der Waals surface area contributed by atoms with Crippen LogP contribution in [0, 0.1) is 0 Å². The number of aliphatic imine (C=N–C) groups is 1. The lowest BCUT2D eigenvalue weighted by molar-refractivity contribution is -0.120. The van der Waals surface area contributed by atoms with E-state index in [-0.39, 0.29) is 17.8 Å². The maximum absolute atomic E-state index is 11.2. The van der Waals surface area contributed by atoms with Gasteiger partial charge in [-0.25, -0.2) is 0 Å². The molecule has 6 heteroatoms. The second-order valence-corrected chi connectivity index (χ2v) is 3.45. The third-order valence-electron chi connectivity index (χ3n) is 1.96. The topological polar surface area (TPSA) is 96.6 Å². The van der Waals surface area contributed by atoms with Gasteiger partial charge in [-0.3, -0.25) is 19.9 Å². The first-order chi connectivity index (χ1) is 7.56. The number of hydrogen-bond acceptors (Lipinski definition) is 3. The van der Waals surface area contributed by atoms with Crippen molar-refractivity contribution in [2.24, 2.45) is 10.7 Å². The highest BCUT2D eigenvalue weighted by atomic mass is 16.2. The van der Waals surface area contributed by atoms with Gasteiger partial charge in [0.15, 0.2) is 5.96 Å². The van der Waals surface area contributed by atoms with E-state index >= 15 is 0 Å². The zero-order valence-corrected chi connectivity index (χ0v) is 9.88. The molecule has 0 aromatic heterocycles. The summed E-state index contributed by atoms with van der Waals surface area (Å²) in [6, 6.07) is 0. The molecule has 4 N–H and O–H groups in total. The summed E-state index contributed by atoms with van der Waals surface area (Å²) in [7, 11) is 1.52. The Bertz CT molecular complexity index is 264. The standard InChI is InChI=1S/C10H20N4O2/c1-8(15)13-7-5-3-4-6-9(16)14-10(11)12-2/h3-7H2,1-2H3,(H,13,15)(H3,11,12,14,16). The number of carbonyl (C=O) groups is 2. The summed E-state index contributed by atoms with van der Waals surface area (Å²) in [6.07, 6.45) is 2.99. The first kappa shape index (κ1) is 14.4. The molecule has 0 unspecified atom stereocenters. The van der Waals surface area contributed by atoms with E-state index in [0.29, 0.717) is 13.0 Å². The number of hydrogen-bond donors (Lipinski definition) is 3. The van der Waals surface area contributed by atoms with E-state index in [4.69, 9.17) is 5.73 Å². The normalized spacial score (nSPS) is 11.0. The molecule has 0 fully saturated rings. The number of amides is 2. The van der Waals surface area contributed by atoms with Crippen molar-refractivity contribution in [2.75, 3.05) is 13.6 Å². The average molecular weight is 228 g/mol. The minimum atomic E-state index is -0.123. The van der Waals surface area contributed by atoms with Crippen LogP contribution in [0.15, 0.2) is 4.99 Å². The van der Waals surface area contributed by atoms with E-state index in [2.05, 4.69) is 15.6 Å². The van der Waals surface area contributed by atoms with Crippen molar-refractivity contribution in [3.8, 4) is 0 Å². The van der Waals surface area contributed by atoms with E-state index in [1.807, 2.05) is 0 Å². The van der Waals surface area contributed by atoms with Gasteiger partial charge in [0.05, 0.1) is 0 Å². The summed E-state index contributed by atoms with van der Waals surface area (Å²) in [4.78, 5) is 25.4. The minimum Gasteiger partial charge on any atom is -0.370 e. The highest BCUT2D eigenvalue weighted by molar-refractivity contribution is 5.95. The van der Waals surface area contributed by atoms with Crippen molar-refractivity contribution in [3.05, 3.63) is 0 Å². The van der Waals surface area contributed by atoms with Gasteiger partial charge in [0.25, 0.3) is 0 Å². The molecule has 0 saturated heterocycles. The van der Waals surface area contributed by atoms with Gasteiger partial charge < -0.3 is 11.1 Å². The van der Waals surface area contributed by atoms with Gasteiger partial charge in [0, 0.05) is 26.9 Å². The first-order valence-electron chi connectivity index (χ1n) is 5.32. The molecule has 0 aliphatic carbocycles. The second-order valence-electron chi connectivity index (χ2n) is 3.45. The quantitative estimate of drug-likeness (QED) is 0.332. The largest absolute Gasteiger partial charge is 0.370 e. The fraction of sp³-hybridized carbons (Fsp3) is 0.700. The Morgan fingerprint density at radius 2 is 1.94 bits per heavy atom. The Kier molecular flexibility index (Phi) is 7.83. The number of nitrogens with two attached hydrogens (primary N) is 1.